The average molecular weight is 442 g/mol. The van der Waals surface area contributed by atoms with Crippen molar-refractivity contribution in [3.05, 3.63) is 35.9 Å². The second-order valence-electron chi connectivity index (χ2n) is 9.21. The van der Waals surface area contributed by atoms with Crippen molar-refractivity contribution in [2.24, 2.45) is 5.41 Å². The van der Waals surface area contributed by atoms with Gasteiger partial charge in [-0.05, 0) is 37.2 Å². The highest BCUT2D eigenvalue weighted by Gasteiger charge is 2.63. The number of hydrogen-bond acceptors (Lipinski definition) is 3. The molecule has 1 aliphatic carbocycles. The number of benzene rings is 1. The van der Waals surface area contributed by atoms with Crippen LogP contribution in [0.3, 0.4) is 0 Å². The molecule has 1 N–H and O–H groups in total. The van der Waals surface area contributed by atoms with Crippen LogP contribution < -0.4 is 5.32 Å². The van der Waals surface area contributed by atoms with Crippen molar-refractivity contribution in [3.8, 4) is 0 Å². The number of likely N-dealkylation sites (tertiary alicyclic amines) is 1. The minimum Gasteiger partial charge on any atom is -0.357 e. The Kier molecular flexibility index (Phi) is 5.31. The summed E-state index contributed by atoms with van der Waals surface area (Å²) in [4.78, 5) is 26.6. The van der Waals surface area contributed by atoms with Gasteiger partial charge in [-0.3, -0.25) is 9.59 Å². The van der Waals surface area contributed by atoms with Gasteiger partial charge in [-0.15, -0.1) is 0 Å². The molecule has 31 heavy (non-hydrogen) atoms. The minimum absolute atomic E-state index is 0.0746. The number of ether oxygens (including phenoxy) is 1. The molecular weight excluding hydrogens is 416 g/mol. The highest BCUT2D eigenvalue weighted by Crippen LogP contribution is 2.60. The Morgan fingerprint density at radius 1 is 1.19 bits per heavy atom. The zero-order valence-corrected chi connectivity index (χ0v) is 17.3. The van der Waals surface area contributed by atoms with E-state index >= 15 is 0 Å². The van der Waals surface area contributed by atoms with Gasteiger partial charge in [-0.25, -0.2) is 4.39 Å². The second-order valence-corrected chi connectivity index (χ2v) is 9.21. The maximum Gasteiger partial charge on any atom is 0.426 e. The summed E-state index contributed by atoms with van der Waals surface area (Å²) in [7, 11) is 0. The molecule has 1 aromatic rings. The van der Waals surface area contributed by atoms with Gasteiger partial charge < -0.3 is 15.0 Å². The van der Waals surface area contributed by atoms with E-state index < -0.39 is 41.7 Å². The largest absolute Gasteiger partial charge is 0.426 e. The van der Waals surface area contributed by atoms with Crippen molar-refractivity contribution < 1.29 is 31.9 Å². The van der Waals surface area contributed by atoms with Crippen LogP contribution in [0.15, 0.2) is 30.3 Å². The third-order valence-corrected chi connectivity index (χ3v) is 6.83. The third kappa shape index (κ3) is 3.81. The Hall–Kier alpha value is -2.16. The first kappa shape index (κ1) is 22.0. The molecule has 0 aromatic heterocycles. The molecule has 3 fully saturated rings. The predicted octanol–water partition coefficient (Wildman–Crippen LogP) is 3.35. The smallest absolute Gasteiger partial charge is 0.357 e. The van der Waals surface area contributed by atoms with E-state index in [0.717, 1.165) is 5.56 Å². The van der Waals surface area contributed by atoms with Gasteiger partial charge >= 0.3 is 6.18 Å². The van der Waals surface area contributed by atoms with Gasteiger partial charge in [0.25, 0.3) is 5.91 Å². The molecular formula is C22H26F4N2O3. The Morgan fingerprint density at radius 2 is 1.87 bits per heavy atom. The fourth-order valence-electron chi connectivity index (χ4n) is 4.73. The number of alkyl halides is 4. The summed E-state index contributed by atoms with van der Waals surface area (Å²) < 4.78 is 60.4. The molecule has 3 aliphatic rings. The second kappa shape index (κ2) is 7.46. The van der Waals surface area contributed by atoms with Crippen LogP contribution in [0.5, 0.6) is 0 Å². The molecule has 1 unspecified atom stereocenters. The van der Waals surface area contributed by atoms with Gasteiger partial charge in [-0.1, -0.05) is 37.3 Å². The molecule has 2 aliphatic heterocycles. The van der Waals surface area contributed by atoms with E-state index in [1.807, 2.05) is 37.3 Å². The van der Waals surface area contributed by atoms with Crippen LogP contribution in [0.2, 0.25) is 0 Å². The van der Waals surface area contributed by atoms with E-state index in [4.69, 9.17) is 4.74 Å². The van der Waals surface area contributed by atoms with Crippen LogP contribution in [0.4, 0.5) is 17.6 Å². The number of amides is 2. The summed E-state index contributed by atoms with van der Waals surface area (Å²) in [6.07, 6.45) is -4.04. The predicted molar refractivity (Wildman–Crippen MR) is 104 cm³/mol. The number of hydrogen-bond donors (Lipinski definition) is 1. The lowest BCUT2D eigenvalue weighted by Gasteiger charge is -2.46. The van der Waals surface area contributed by atoms with Crippen LogP contribution in [0.25, 0.3) is 0 Å². The molecule has 2 amide bonds. The van der Waals surface area contributed by atoms with Crippen molar-refractivity contribution in [1.82, 2.24) is 10.2 Å². The first-order chi connectivity index (χ1) is 14.5. The maximum absolute atomic E-state index is 15.0. The topological polar surface area (TPSA) is 58.6 Å². The zero-order valence-electron chi connectivity index (χ0n) is 17.3. The van der Waals surface area contributed by atoms with Crippen LogP contribution in [-0.4, -0.2) is 60.4 Å². The molecule has 170 valence electrons. The molecule has 1 saturated carbocycles. The molecule has 0 bridgehead atoms. The minimum atomic E-state index is -4.88. The average Bonchev–Trinajstić information content (AvgIpc) is 3.42. The standard InChI is InChI=1S/C22H26F4N2O3/c1-19(11-16(19)15-7-3-2-4-8-15)18(30)28-13-20(23,14-28)12-27-17(29)21(22(24,25)26)9-5-6-10-31-21/h2-4,7-8,16H,5-6,9-14H2,1H3,(H,27,29)/t16-,19+,21?/m1/s1. The van der Waals surface area contributed by atoms with Crippen molar-refractivity contribution in [2.75, 3.05) is 26.2 Å². The van der Waals surface area contributed by atoms with Gasteiger partial charge in [0, 0.05) is 6.61 Å². The summed E-state index contributed by atoms with van der Waals surface area (Å²) in [6.45, 7) is 0.597. The SMILES string of the molecule is C[C@]1(C(=O)N2CC(F)(CNC(=O)C3(C(F)(F)F)CCCCO3)C2)C[C@@H]1c1ccccc1. The molecule has 3 atom stereocenters. The van der Waals surface area contributed by atoms with Gasteiger partial charge in [0.2, 0.25) is 11.5 Å². The summed E-state index contributed by atoms with van der Waals surface area (Å²) in [6, 6.07) is 9.62. The van der Waals surface area contributed by atoms with Crippen molar-refractivity contribution in [1.29, 1.82) is 0 Å². The van der Waals surface area contributed by atoms with Crippen LogP contribution in [0.1, 0.15) is 44.1 Å². The Bertz CT molecular complexity index is 848. The van der Waals surface area contributed by atoms with Gasteiger partial charge in [0.15, 0.2) is 5.67 Å². The molecule has 5 nitrogen and oxygen atoms in total. The van der Waals surface area contributed by atoms with Gasteiger partial charge in [0.05, 0.1) is 25.0 Å². The summed E-state index contributed by atoms with van der Waals surface area (Å²) in [5.74, 6) is -1.45. The highest BCUT2D eigenvalue weighted by atomic mass is 19.4. The molecule has 4 rings (SSSR count). The maximum atomic E-state index is 15.0. The number of carbonyl (C=O) groups excluding carboxylic acids is 2. The van der Waals surface area contributed by atoms with E-state index in [9.17, 15) is 27.2 Å². The first-order valence-corrected chi connectivity index (χ1v) is 10.5. The lowest BCUT2D eigenvalue weighted by Crippen LogP contribution is -2.68. The number of nitrogens with zero attached hydrogens (tertiary/aromatic N) is 1. The lowest BCUT2D eigenvalue weighted by atomic mass is 9.89. The Labute approximate surface area is 178 Å². The first-order valence-electron chi connectivity index (χ1n) is 10.5. The number of rotatable bonds is 5. The van der Waals surface area contributed by atoms with Crippen molar-refractivity contribution >= 4 is 11.8 Å². The number of carbonyl (C=O) groups is 2. The quantitative estimate of drug-likeness (QED) is 0.712. The fraction of sp³-hybridized carbons (Fsp3) is 0.636. The molecule has 2 heterocycles. The molecule has 0 spiro atoms. The highest BCUT2D eigenvalue weighted by molar-refractivity contribution is 5.88. The van der Waals surface area contributed by atoms with E-state index in [-0.39, 0.29) is 37.9 Å². The zero-order chi connectivity index (χ0) is 22.5. The molecule has 1 aromatic carbocycles. The monoisotopic (exact) mass is 442 g/mol. The molecule has 0 radical (unpaired) electrons. The Morgan fingerprint density at radius 3 is 2.45 bits per heavy atom. The lowest BCUT2D eigenvalue weighted by molar-refractivity contribution is -0.277. The van der Waals surface area contributed by atoms with Crippen molar-refractivity contribution in [3.63, 3.8) is 0 Å². The number of halogens is 4. The Balaban J connectivity index is 1.32. The van der Waals surface area contributed by atoms with Crippen LogP contribution in [0, 0.1) is 5.41 Å². The van der Waals surface area contributed by atoms with E-state index in [1.54, 1.807) is 0 Å². The van der Waals surface area contributed by atoms with Crippen LogP contribution >= 0.6 is 0 Å². The third-order valence-electron chi connectivity index (χ3n) is 6.83. The van der Waals surface area contributed by atoms with E-state index in [0.29, 0.717) is 12.8 Å². The molecule has 9 heteroatoms. The normalized spacial score (nSPS) is 32.2. The van der Waals surface area contributed by atoms with E-state index in [2.05, 4.69) is 5.32 Å². The summed E-state index contributed by atoms with van der Waals surface area (Å²) in [5, 5.41) is 2.09. The molecule has 2 saturated heterocycles. The summed E-state index contributed by atoms with van der Waals surface area (Å²) in [5.41, 5.74) is -4.41. The fourth-order valence-corrected chi connectivity index (χ4v) is 4.73. The van der Waals surface area contributed by atoms with Gasteiger partial charge in [-0.2, -0.15) is 13.2 Å². The van der Waals surface area contributed by atoms with Crippen LogP contribution in [-0.2, 0) is 14.3 Å². The summed E-state index contributed by atoms with van der Waals surface area (Å²) >= 11 is 0. The number of nitrogens with one attached hydrogen (secondary N) is 1. The van der Waals surface area contributed by atoms with Crippen molar-refractivity contribution in [2.45, 2.75) is 56.0 Å². The van der Waals surface area contributed by atoms with E-state index in [1.165, 1.54) is 4.90 Å². The van der Waals surface area contributed by atoms with Gasteiger partial charge in [0.1, 0.15) is 0 Å².